The zero-order valence-corrected chi connectivity index (χ0v) is 11.5. The molecule has 0 amide bonds. The molecule has 0 aromatic heterocycles. The zero-order valence-electron chi connectivity index (χ0n) is 11.5. The Balaban J connectivity index is 2.06. The molecule has 5 nitrogen and oxygen atoms in total. The first-order chi connectivity index (χ1) is 9.24. The molecule has 106 valence electrons. The van der Waals surface area contributed by atoms with Crippen molar-refractivity contribution in [2.45, 2.75) is 18.5 Å². The van der Waals surface area contributed by atoms with Crippen LogP contribution in [0.15, 0.2) is 18.2 Å². The van der Waals surface area contributed by atoms with Crippen molar-refractivity contribution < 1.29 is 14.2 Å². The molecule has 0 radical (unpaired) electrons. The zero-order chi connectivity index (χ0) is 13.7. The molecular weight excluding hydrogens is 244 g/mol. The van der Waals surface area contributed by atoms with Crippen molar-refractivity contribution in [1.29, 1.82) is 0 Å². The third-order valence-electron chi connectivity index (χ3n) is 3.38. The lowest BCUT2D eigenvalue weighted by atomic mass is 9.99. The van der Waals surface area contributed by atoms with Crippen LogP contribution in [0.5, 0.6) is 11.5 Å². The van der Waals surface area contributed by atoms with E-state index in [1.165, 1.54) is 0 Å². The Morgan fingerprint density at radius 1 is 1.42 bits per heavy atom. The van der Waals surface area contributed by atoms with Crippen LogP contribution in [0.2, 0.25) is 0 Å². The molecule has 19 heavy (non-hydrogen) atoms. The van der Waals surface area contributed by atoms with Crippen molar-refractivity contribution in [1.82, 2.24) is 5.32 Å². The molecule has 5 heteroatoms. The monoisotopic (exact) mass is 266 g/mol. The largest absolute Gasteiger partial charge is 0.497 e. The molecule has 2 unspecified atom stereocenters. The van der Waals surface area contributed by atoms with Gasteiger partial charge in [-0.1, -0.05) is 6.07 Å². The van der Waals surface area contributed by atoms with Crippen molar-refractivity contribution in [2.24, 2.45) is 5.73 Å². The maximum atomic E-state index is 6.28. The Morgan fingerprint density at radius 3 is 2.89 bits per heavy atom. The van der Waals surface area contributed by atoms with Gasteiger partial charge in [0, 0.05) is 30.3 Å². The minimum Gasteiger partial charge on any atom is -0.497 e. The van der Waals surface area contributed by atoms with Gasteiger partial charge in [0.05, 0.1) is 27.4 Å². The van der Waals surface area contributed by atoms with Crippen molar-refractivity contribution in [3.8, 4) is 11.5 Å². The Hall–Kier alpha value is -1.30. The quantitative estimate of drug-likeness (QED) is 0.835. The molecule has 0 bridgehead atoms. The third-order valence-corrected chi connectivity index (χ3v) is 3.38. The number of nitrogens with one attached hydrogen (secondary N) is 1. The van der Waals surface area contributed by atoms with Gasteiger partial charge in [-0.05, 0) is 12.5 Å². The van der Waals surface area contributed by atoms with Gasteiger partial charge < -0.3 is 25.3 Å². The van der Waals surface area contributed by atoms with Crippen molar-refractivity contribution >= 4 is 0 Å². The average molecular weight is 266 g/mol. The molecule has 2 atom stereocenters. The molecule has 0 saturated carbocycles. The molecule has 0 aliphatic carbocycles. The summed E-state index contributed by atoms with van der Waals surface area (Å²) in [6, 6.07) is 5.95. The summed E-state index contributed by atoms with van der Waals surface area (Å²) >= 11 is 0. The molecule has 2 rings (SSSR count). The van der Waals surface area contributed by atoms with E-state index in [-0.39, 0.29) is 6.04 Å². The predicted octanol–water partition coefficient (Wildman–Crippen LogP) is 1.08. The van der Waals surface area contributed by atoms with E-state index in [1.54, 1.807) is 14.2 Å². The molecule has 0 spiro atoms. The summed E-state index contributed by atoms with van der Waals surface area (Å²) in [6.45, 7) is 2.38. The molecule has 3 N–H and O–H groups in total. The first-order valence-corrected chi connectivity index (χ1v) is 6.53. The van der Waals surface area contributed by atoms with Crippen LogP contribution < -0.4 is 20.5 Å². The number of ether oxygens (including phenoxy) is 3. The van der Waals surface area contributed by atoms with Crippen LogP contribution in [0.3, 0.4) is 0 Å². The fourth-order valence-corrected chi connectivity index (χ4v) is 2.33. The van der Waals surface area contributed by atoms with Gasteiger partial charge in [-0.2, -0.15) is 0 Å². The topological polar surface area (TPSA) is 65.7 Å². The fourth-order valence-electron chi connectivity index (χ4n) is 2.33. The highest BCUT2D eigenvalue weighted by molar-refractivity contribution is 5.42. The van der Waals surface area contributed by atoms with Gasteiger partial charge in [0.15, 0.2) is 0 Å². The fraction of sp³-hybridized carbons (Fsp3) is 0.571. The molecule has 1 fully saturated rings. The van der Waals surface area contributed by atoms with E-state index in [4.69, 9.17) is 19.9 Å². The van der Waals surface area contributed by atoms with Crippen LogP contribution >= 0.6 is 0 Å². The molecule has 1 heterocycles. The van der Waals surface area contributed by atoms with Gasteiger partial charge in [-0.3, -0.25) is 0 Å². The predicted molar refractivity (Wildman–Crippen MR) is 73.7 cm³/mol. The van der Waals surface area contributed by atoms with Gasteiger partial charge >= 0.3 is 0 Å². The Kier molecular flexibility index (Phi) is 5.01. The number of rotatable bonds is 5. The summed E-state index contributed by atoms with van der Waals surface area (Å²) in [6.07, 6.45) is 0.822. The van der Waals surface area contributed by atoms with Crippen LogP contribution in [0.25, 0.3) is 0 Å². The second kappa shape index (κ2) is 6.75. The Morgan fingerprint density at radius 2 is 2.26 bits per heavy atom. The first-order valence-electron chi connectivity index (χ1n) is 6.53. The van der Waals surface area contributed by atoms with Gasteiger partial charge in [0.25, 0.3) is 0 Å². The summed E-state index contributed by atoms with van der Waals surface area (Å²) in [4.78, 5) is 0. The molecular formula is C14H22N2O3. The van der Waals surface area contributed by atoms with Crippen LogP contribution in [0, 0.1) is 0 Å². The number of nitrogens with two attached hydrogens (primary N) is 1. The van der Waals surface area contributed by atoms with Crippen molar-refractivity contribution in [2.75, 3.05) is 34.0 Å². The number of hydrogen-bond donors (Lipinski definition) is 2. The number of methoxy groups -OCH3 is 2. The number of morpholine rings is 1. The SMILES string of the molecule is COc1ccc(C(N)CC2COCCN2)c(OC)c1. The number of hydrogen-bond acceptors (Lipinski definition) is 5. The third kappa shape index (κ3) is 3.59. The Labute approximate surface area is 114 Å². The van der Waals surface area contributed by atoms with Crippen LogP contribution in [-0.4, -0.2) is 40.0 Å². The van der Waals surface area contributed by atoms with E-state index in [0.717, 1.165) is 36.6 Å². The number of benzene rings is 1. The second-order valence-corrected chi connectivity index (χ2v) is 4.68. The van der Waals surface area contributed by atoms with Gasteiger partial charge in [0.1, 0.15) is 11.5 Å². The summed E-state index contributed by atoms with van der Waals surface area (Å²) in [5, 5.41) is 3.41. The highest BCUT2D eigenvalue weighted by Crippen LogP contribution is 2.30. The van der Waals surface area contributed by atoms with Crippen LogP contribution in [0.1, 0.15) is 18.0 Å². The van der Waals surface area contributed by atoms with Crippen LogP contribution in [0.4, 0.5) is 0 Å². The van der Waals surface area contributed by atoms with E-state index in [2.05, 4.69) is 5.32 Å². The van der Waals surface area contributed by atoms with E-state index in [9.17, 15) is 0 Å². The van der Waals surface area contributed by atoms with E-state index < -0.39 is 0 Å². The Bertz CT molecular complexity index is 406. The van der Waals surface area contributed by atoms with Crippen molar-refractivity contribution in [3.63, 3.8) is 0 Å². The minimum atomic E-state index is -0.0833. The van der Waals surface area contributed by atoms with Gasteiger partial charge in [-0.25, -0.2) is 0 Å². The van der Waals surface area contributed by atoms with E-state index >= 15 is 0 Å². The molecule has 1 aliphatic heterocycles. The maximum Gasteiger partial charge on any atom is 0.127 e. The normalized spacial score (nSPS) is 20.9. The lowest BCUT2D eigenvalue weighted by Gasteiger charge is -2.27. The standard InChI is InChI=1S/C14H22N2O3/c1-17-11-3-4-12(14(8-11)18-2)13(15)7-10-9-19-6-5-16-10/h3-4,8,10,13,16H,5-7,9,15H2,1-2H3. The average Bonchev–Trinajstić information content (AvgIpc) is 2.47. The minimum absolute atomic E-state index is 0.0833. The maximum absolute atomic E-state index is 6.28. The lowest BCUT2D eigenvalue weighted by Crippen LogP contribution is -2.42. The molecule has 1 aromatic rings. The lowest BCUT2D eigenvalue weighted by molar-refractivity contribution is 0.0719. The molecule has 1 aliphatic rings. The van der Waals surface area contributed by atoms with E-state index in [0.29, 0.717) is 12.6 Å². The van der Waals surface area contributed by atoms with Crippen molar-refractivity contribution in [3.05, 3.63) is 23.8 Å². The summed E-state index contributed by atoms with van der Waals surface area (Å²) in [5.41, 5.74) is 7.27. The highest BCUT2D eigenvalue weighted by Gasteiger charge is 2.20. The van der Waals surface area contributed by atoms with E-state index in [1.807, 2.05) is 18.2 Å². The molecule has 1 aromatic carbocycles. The van der Waals surface area contributed by atoms with Crippen LogP contribution in [-0.2, 0) is 4.74 Å². The summed E-state index contributed by atoms with van der Waals surface area (Å²) in [5.74, 6) is 1.54. The summed E-state index contributed by atoms with van der Waals surface area (Å²) in [7, 11) is 3.28. The first kappa shape index (κ1) is 14.1. The smallest absolute Gasteiger partial charge is 0.127 e. The van der Waals surface area contributed by atoms with Gasteiger partial charge in [0.2, 0.25) is 0 Å². The van der Waals surface area contributed by atoms with Gasteiger partial charge in [-0.15, -0.1) is 0 Å². The highest BCUT2D eigenvalue weighted by atomic mass is 16.5. The summed E-state index contributed by atoms with van der Waals surface area (Å²) < 4.78 is 16.0. The second-order valence-electron chi connectivity index (χ2n) is 4.68. The molecule has 1 saturated heterocycles.